The zero-order valence-corrected chi connectivity index (χ0v) is 17.0. The fourth-order valence-corrected chi connectivity index (χ4v) is 8.91. The van der Waals surface area contributed by atoms with Gasteiger partial charge >= 0.3 is 0 Å². The van der Waals surface area contributed by atoms with Crippen LogP contribution in [0.5, 0.6) is 0 Å². The second kappa shape index (κ2) is 6.66. The molecule has 4 fully saturated rings. The largest absolute Gasteiger partial charge is 0.144 e. The van der Waals surface area contributed by atoms with Crippen molar-refractivity contribution in [2.24, 2.45) is 47.3 Å². The van der Waals surface area contributed by atoms with Gasteiger partial charge in [-0.1, -0.05) is 84.7 Å². The molecule has 136 valence electrons. The maximum absolute atomic E-state index is 2.70. The Morgan fingerprint density at radius 3 is 1.38 bits per heavy atom. The third kappa shape index (κ3) is 2.71. The molecule has 0 heterocycles. The predicted molar refractivity (Wildman–Crippen MR) is 107 cm³/mol. The van der Waals surface area contributed by atoms with Crippen LogP contribution < -0.4 is 0 Å². The van der Waals surface area contributed by atoms with Crippen LogP contribution in [-0.2, 0) is 0 Å². The van der Waals surface area contributed by atoms with E-state index in [1.807, 2.05) is 0 Å². The minimum atomic E-state index is 0.982. The molecule has 4 aliphatic carbocycles. The molecule has 0 aromatic rings. The Kier molecular flexibility index (Phi) is 4.85. The molecule has 4 saturated carbocycles. The molecule has 0 amide bonds. The fraction of sp³-hybridized carbons (Fsp3) is 1.00. The number of rotatable bonds is 2. The highest BCUT2D eigenvalue weighted by atomic mass is 14.5. The van der Waals surface area contributed by atoms with Crippen LogP contribution >= 0.6 is 0 Å². The Balaban J connectivity index is 1.55. The van der Waals surface area contributed by atoms with Gasteiger partial charge < -0.3 is 0 Å². The molecule has 0 aromatic carbocycles. The maximum atomic E-state index is 2.70. The van der Waals surface area contributed by atoms with Crippen LogP contribution in [0.1, 0.15) is 79.1 Å². The Bertz CT molecular complexity index is 405. The SMILES string of the molecule is CB(C1C2CCCC(C)C2C[C@H]1C)C1C2CCCC(C)C2C[C@H]1C. The van der Waals surface area contributed by atoms with Crippen molar-refractivity contribution in [3.63, 3.8) is 0 Å². The fourth-order valence-electron chi connectivity index (χ4n) is 8.91. The summed E-state index contributed by atoms with van der Waals surface area (Å²) in [6, 6.07) is 0. The van der Waals surface area contributed by atoms with Gasteiger partial charge in [0.25, 0.3) is 0 Å². The van der Waals surface area contributed by atoms with Gasteiger partial charge in [0.15, 0.2) is 0 Å². The lowest BCUT2D eigenvalue weighted by Crippen LogP contribution is -2.37. The molecule has 0 saturated heterocycles. The van der Waals surface area contributed by atoms with Gasteiger partial charge in [-0.3, -0.25) is 0 Å². The van der Waals surface area contributed by atoms with Crippen LogP contribution in [0.2, 0.25) is 18.5 Å². The van der Waals surface area contributed by atoms with E-state index in [1.165, 1.54) is 25.7 Å². The normalized spacial score (nSPS) is 54.4. The summed E-state index contributed by atoms with van der Waals surface area (Å²) >= 11 is 0. The van der Waals surface area contributed by atoms with Gasteiger partial charge in [-0.15, -0.1) is 0 Å². The van der Waals surface area contributed by atoms with Crippen molar-refractivity contribution in [2.75, 3.05) is 0 Å². The van der Waals surface area contributed by atoms with Crippen molar-refractivity contribution >= 4 is 6.71 Å². The van der Waals surface area contributed by atoms with Crippen molar-refractivity contribution in [1.82, 2.24) is 0 Å². The van der Waals surface area contributed by atoms with E-state index in [-0.39, 0.29) is 0 Å². The Morgan fingerprint density at radius 2 is 0.958 bits per heavy atom. The Morgan fingerprint density at radius 1 is 0.542 bits per heavy atom. The van der Waals surface area contributed by atoms with Gasteiger partial charge in [-0.2, -0.15) is 0 Å². The third-order valence-corrected chi connectivity index (χ3v) is 9.76. The first-order chi connectivity index (χ1) is 11.5. The first kappa shape index (κ1) is 17.5. The van der Waals surface area contributed by atoms with E-state index in [0.717, 1.165) is 65.7 Å². The van der Waals surface area contributed by atoms with Gasteiger partial charge in [0.05, 0.1) is 0 Å². The molecule has 10 atom stereocenters. The number of hydrogen-bond acceptors (Lipinski definition) is 0. The van der Waals surface area contributed by atoms with Crippen LogP contribution in [0.4, 0.5) is 0 Å². The second-order valence-corrected chi connectivity index (χ2v) is 10.9. The highest BCUT2D eigenvalue weighted by Crippen LogP contribution is 2.62. The molecule has 0 spiro atoms. The molecule has 1 heteroatoms. The maximum Gasteiger partial charge on any atom is 0.144 e. The molecule has 0 nitrogen and oxygen atoms in total. The number of fused-ring (bicyclic) bond motifs is 2. The summed E-state index contributed by atoms with van der Waals surface area (Å²) in [6.07, 6.45) is 12.3. The standard InChI is InChI=1S/C23H41B/c1-14-8-6-10-18-20(14)12-16(3)22(18)24(5)23-17(4)13-21-15(2)9-7-11-19(21)23/h14-23H,6-13H2,1-5H3/t14?,15?,16-,17-,18?,19?,20?,21?,22?,23?/m1/s1. The van der Waals surface area contributed by atoms with E-state index in [4.69, 9.17) is 0 Å². The molecule has 24 heavy (non-hydrogen) atoms. The first-order valence-electron chi connectivity index (χ1n) is 11.5. The molecular weight excluding hydrogens is 287 g/mol. The molecule has 4 aliphatic rings. The lowest BCUT2D eigenvalue weighted by molar-refractivity contribution is 0.189. The van der Waals surface area contributed by atoms with Gasteiger partial charge in [0, 0.05) is 0 Å². The zero-order valence-electron chi connectivity index (χ0n) is 17.0. The average Bonchev–Trinajstić information content (AvgIpc) is 3.05. The van der Waals surface area contributed by atoms with Gasteiger partial charge in [-0.25, -0.2) is 0 Å². The summed E-state index contributed by atoms with van der Waals surface area (Å²) in [4.78, 5) is 0. The molecule has 4 rings (SSSR count). The lowest BCUT2D eigenvalue weighted by atomic mass is 9.29. The van der Waals surface area contributed by atoms with Gasteiger partial charge in [0.1, 0.15) is 6.71 Å². The van der Waals surface area contributed by atoms with E-state index < -0.39 is 0 Å². The first-order valence-corrected chi connectivity index (χ1v) is 11.5. The van der Waals surface area contributed by atoms with Crippen molar-refractivity contribution < 1.29 is 0 Å². The van der Waals surface area contributed by atoms with Crippen molar-refractivity contribution in [1.29, 1.82) is 0 Å². The van der Waals surface area contributed by atoms with E-state index >= 15 is 0 Å². The summed E-state index contributed by atoms with van der Waals surface area (Å²) in [5.74, 6) is 10.4. The molecule has 0 bridgehead atoms. The summed E-state index contributed by atoms with van der Waals surface area (Å²) in [6.45, 7) is 14.0. The van der Waals surface area contributed by atoms with Crippen molar-refractivity contribution in [3.05, 3.63) is 0 Å². The topological polar surface area (TPSA) is 0 Å². The van der Waals surface area contributed by atoms with Crippen LogP contribution in [0.15, 0.2) is 0 Å². The number of hydrogen-bond donors (Lipinski definition) is 0. The van der Waals surface area contributed by atoms with Crippen LogP contribution in [0.3, 0.4) is 0 Å². The minimum absolute atomic E-state index is 0.982. The van der Waals surface area contributed by atoms with Crippen LogP contribution in [0.25, 0.3) is 0 Å². The minimum Gasteiger partial charge on any atom is -0.0856 e. The molecule has 0 aromatic heterocycles. The molecule has 0 radical (unpaired) electrons. The molecular formula is C23H41B. The van der Waals surface area contributed by atoms with Gasteiger partial charge in [0.2, 0.25) is 0 Å². The summed E-state index contributed by atoms with van der Waals surface area (Å²) < 4.78 is 0. The van der Waals surface area contributed by atoms with E-state index in [9.17, 15) is 0 Å². The van der Waals surface area contributed by atoms with Crippen molar-refractivity contribution in [3.8, 4) is 0 Å². The Hall–Kier alpha value is 0.0649. The third-order valence-electron chi connectivity index (χ3n) is 9.76. The zero-order chi connectivity index (χ0) is 17.0. The van der Waals surface area contributed by atoms with Crippen LogP contribution in [0, 0.1) is 47.3 Å². The molecule has 0 aliphatic heterocycles. The van der Waals surface area contributed by atoms with Gasteiger partial charge in [-0.05, 0) is 60.2 Å². The summed E-state index contributed by atoms with van der Waals surface area (Å²) in [5, 5.41) is 0. The molecule has 8 unspecified atom stereocenters. The van der Waals surface area contributed by atoms with Crippen LogP contribution in [-0.4, -0.2) is 6.71 Å². The Labute approximate surface area is 152 Å². The predicted octanol–water partition coefficient (Wildman–Crippen LogP) is 7.04. The highest BCUT2D eigenvalue weighted by Gasteiger charge is 2.54. The molecule has 0 N–H and O–H groups in total. The lowest BCUT2D eigenvalue weighted by Gasteiger charge is -2.41. The summed E-state index contributed by atoms with van der Waals surface area (Å²) in [5.41, 5.74) is 0. The van der Waals surface area contributed by atoms with E-state index in [1.54, 1.807) is 25.7 Å². The highest BCUT2D eigenvalue weighted by molar-refractivity contribution is 6.61. The summed E-state index contributed by atoms with van der Waals surface area (Å²) in [7, 11) is 0. The second-order valence-electron chi connectivity index (χ2n) is 10.9. The van der Waals surface area contributed by atoms with Crippen molar-refractivity contribution in [2.45, 2.75) is 97.5 Å². The monoisotopic (exact) mass is 328 g/mol. The average molecular weight is 328 g/mol. The quantitative estimate of drug-likeness (QED) is 0.477. The van der Waals surface area contributed by atoms with E-state index in [0.29, 0.717) is 0 Å². The van der Waals surface area contributed by atoms with E-state index in [2.05, 4.69) is 34.5 Å². The smallest absolute Gasteiger partial charge is 0.0856 e.